The normalized spacial score (nSPS) is 12.6. The quantitative estimate of drug-likeness (QED) is 0.649. The Morgan fingerprint density at radius 1 is 1.12 bits per heavy atom. The Kier molecular flexibility index (Phi) is 4.90. The highest BCUT2D eigenvalue weighted by Gasteiger charge is 2.10. The molecule has 0 saturated carbocycles. The second-order valence-electron chi connectivity index (χ2n) is 4.07. The third-order valence-corrected chi connectivity index (χ3v) is 4.25. The Bertz CT molecular complexity index is 434. The minimum atomic E-state index is 0.411. The maximum absolute atomic E-state index is 6.05. The van der Waals surface area contributed by atoms with Gasteiger partial charge in [0.1, 0.15) is 0 Å². The van der Waals surface area contributed by atoms with Crippen molar-refractivity contribution in [3.05, 3.63) is 57.2 Å². The molecule has 1 unspecified atom stereocenters. The molecular weight excluding hydrogens is 271 g/mol. The van der Waals surface area contributed by atoms with Gasteiger partial charge < -0.3 is 0 Å². The van der Waals surface area contributed by atoms with E-state index in [2.05, 4.69) is 29.0 Å². The monoisotopic (exact) mass is 284 g/mol. The lowest BCUT2D eigenvalue weighted by atomic mass is 9.95. The molecule has 3 heteroatoms. The maximum atomic E-state index is 6.05. The van der Waals surface area contributed by atoms with Crippen LogP contribution in [0.5, 0.6) is 0 Å². The SMILES string of the molecule is ClCC(CCc1ccsc1)c1ccc(Cl)cc1. The van der Waals surface area contributed by atoms with Crippen LogP contribution in [0.4, 0.5) is 0 Å². The van der Waals surface area contributed by atoms with Gasteiger partial charge in [-0.3, -0.25) is 0 Å². The standard InChI is InChI=1S/C14H14Cl2S/c15-9-13(2-1-11-7-8-17-10-11)12-3-5-14(16)6-4-12/h3-8,10,13H,1-2,9H2. The van der Waals surface area contributed by atoms with Gasteiger partial charge in [-0.05, 0) is 58.8 Å². The second-order valence-corrected chi connectivity index (χ2v) is 5.60. The molecule has 0 fully saturated rings. The number of rotatable bonds is 5. The van der Waals surface area contributed by atoms with E-state index in [9.17, 15) is 0 Å². The van der Waals surface area contributed by atoms with E-state index in [0.717, 1.165) is 17.9 Å². The molecule has 1 atom stereocenters. The molecule has 1 heterocycles. The smallest absolute Gasteiger partial charge is 0.0406 e. The Balaban J connectivity index is 1.99. The van der Waals surface area contributed by atoms with Crippen molar-refractivity contribution in [2.75, 3.05) is 5.88 Å². The van der Waals surface area contributed by atoms with Crippen LogP contribution in [0.3, 0.4) is 0 Å². The predicted molar refractivity (Wildman–Crippen MR) is 77.6 cm³/mol. The number of benzene rings is 1. The highest BCUT2D eigenvalue weighted by Crippen LogP contribution is 2.25. The zero-order valence-electron chi connectivity index (χ0n) is 9.40. The van der Waals surface area contributed by atoms with E-state index in [1.165, 1.54) is 11.1 Å². The molecule has 17 heavy (non-hydrogen) atoms. The Morgan fingerprint density at radius 2 is 1.88 bits per heavy atom. The highest BCUT2D eigenvalue weighted by molar-refractivity contribution is 7.07. The minimum absolute atomic E-state index is 0.411. The first-order valence-corrected chi connectivity index (χ1v) is 7.47. The lowest BCUT2D eigenvalue weighted by Crippen LogP contribution is -2.02. The van der Waals surface area contributed by atoms with E-state index in [0.29, 0.717) is 11.8 Å². The second kappa shape index (κ2) is 6.44. The van der Waals surface area contributed by atoms with Crippen LogP contribution in [0, 0.1) is 0 Å². The van der Waals surface area contributed by atoms with Crippen LogP contribution in [0.25, 0.3) is 0 Å². The van der Waals surface area contributed by atoms with Crippen LogP contribution in [0.1, 0.15) is 23.5 Å². The van der Waals surface area contributed by atoms with E-state index in [4.69, 9.17) is 23.2 Å². The summed E-state index contributed by atoms with van der Waals surface area (Å²) in [5.74, 6) is 1.07. The van der Waals surface area contributed by atoms with Crippen molar-refractivity contribution in [1.29, 1.82) is 0 Å². The van der Waals surface area contributed by atoms with Crippen molar-refractivity contribution in [3.63, 3.8) is 0 Å². The summed E-state index contributed by atoms with van der Waals surface area (Å²) in [7, 11) is 0. The van der Waals surface area contributed by atoms with Crippen LogP contribution in [0.15, 0.2) is 41.1 Å². The third-order valence-electron chi connectivity index (χ3n) is 2.89. The summed E-state index contributed by atoms with van der Waals surface area (Å²) < 4.78 is 0. The first kappa shape index (κ1) is 12.9. The fourth-order valence-electron chi connectivity index (χ4n) is 1.84. The number of hydrogen-bond acceptors (Lipinski definition) is 1. The van der Waals surface area contributed by atoms with Crippen molar-refractivity contribution in [2.45, 2.75) is 18.8 Å². The minimum Gasteiger partial charge on any atom is -0.152 e. The van der Waals surface area contributed by atoms with E-state index in [1.807, 2.05) is 12.1 Å². The predicted octanol–water partition coefficient (Wildman–Crippen LogP) is 5.36. The summed E-state index contributed by atoms with van der Waals surface area (Å²) in [5, 5.41) is 5.10. The lowest BCUT2D eigenvalue weighted by Gasteiger charge is -2.13. The molecule has 0 aliphatic carbocycles. The van der Waals surface area contributed by atoms with E-state index in [1.54, 1.807) is 11.3 Å². The zero-order chi connectivity index (χ0) is 12.1. The van der Waals surface area contributed by atoms with E-state index < -0.39 is 0 Å². The van der Waals surface area contributed by atoms with Crippen molar-refractivity contribution in [3.8, 4) is 0 Å². The van der Waals surface area contributed by atoms with Crippen LogP contribution in [-0.2, 0) is 6.42 Å². The summed E-state index contributed by atoms with van der Waals surface area (Å²) in [5.41, 5.74) is 2.68. The third kappa shape index (κ3) is 3.74. The van der Waals surface area contributed by atoms with Crippen LogP contribution < -0.4 is 0 Å². The molecule has 0 aliphatic heterocycles. The summed E-state index contributed by atoms with van der Waals surface area (Å²) in [6.07, 6.45) is 2.17. The van der Waals surface area contributed by atoms with Gasteiger partial charge in [0, 0.05) is 10.9 Å². The molecular formula is C14H14Cl2S. The topological polar surface area (TPSA) is 0 Å². The summed E-state index contributed by atoms with van der Waals surface area (Å²) in [6.45, 7) is 0. The number of halogens is 2. The van der Waals surface area contributed by atoms with Crippen molar-refractivity contribution in [1.82, 2.24) is 0 Å². The van der Waals surface area contributed by atoms with Crippen molar-refractivity contribution < 1.29 is 0 Å². The highest BCUT2D eigenvalue weighted by atomic mass is 35.5. The average molecular weight is 285 g/mol. The molecule has 90 valence electrons. The summed E-state index contributed by atoms with van der Waals surface area (Å²) >= 11 is 13.7. The van der Waals surface area contributed by atoms with E-state index in [-0.39, 0.29) is 0 Å². The van der Waals surface area contributed by atoms with Gasteiger partial charge in [0.25, 0.3) is 0 Å². The lowest BCUT2D eigenvalue weighted by molar-refractivity contribution is 0.686. The van der Waals surface area contributed by atoms with Crippen molar-refractivity contribution in [2.24, 2.45) is 0 Å². The molecule has 1 aromatic heterocycles. The van der Waals surface area contributed by atoms with Gasteiger partial charge in [0.2, 0.25) is 0 Å². The molecule has 2 rings (SSSR count). The van der Waals surface area contributed by atoms with Crippen LogP contribution in [0.2, 0.25) is 5.02 Å². The Morgan fingerprint density at radius 3 is 2.47 bits per heavy atom. The zero-order valence-corrected chi connectivity index (χ0v) is 11.7. The van der Waals surface area contributed by atoms with Gasteiger partial charge in [-0.2, -0.15) is 11.3 Å². The summed E-state index contributed by atoms with van der Waals surface area (Å²) in [6, 6.07) is 10.2. The fraction of sp³-hybridized carbons (Fsp3) is 0.286. The summed E-state index contributed by atoms with van der Waals surface area (Å²) in [4.78, 5) is 0. The molecule has 1 aromatic carbocycles. The molecule has 2 aromatic rings. The first-order valence-electron chi connectivity index (χ1n) is 5.62. The van der Waals surface area contributed by atoms with E-state index >= 15 is 0 Å². The molecule has 0 nitrogen and oxygen atoms in total. The van der Waals surface area contributed by atoms with Crippen molar-refractivity contribution >= 4 is 34.5 Å². The van der Waals surface area contributed by atoms with Gasteiger partial charge >= 0.3 is 0 Å². The molecule has 0 N–H and O–H groups in total. The molecule has 0 saturated heterocycles. The average Bonchev–Trinajstić information content (AvgIpc) is 2.85. The number of thiophene rings is 1. The number of alkyl halides is 1. The van der Waals surface area contributed by atoms with Gasteiger partial charge in [-0.1, -0.05) is 23.7 Å². The van der Waals surface area contributed by atoms with Gasteiger partial charge in [0.05, 0.1) is 0 Å². The Hall–Kier alpha value is -0.500. The van der Waals surface area contributed by atoms with Crippen LogP contribution >= 0.6 is 34.5 Å². The van der Waals surface area contributed by atoms with Crippen LogP contribution in [-0.4, -0.2) is 5.88 Å². The molecule has 0 aliphatic rings. The fourth-order valence-corrected chi connectivity index (χ4v) is 3.01. The molecule has 0 bridgehead atoms. The van der Waals surface area contributed by atoms with Gasteiger partial charge in [-0.25, -0.2) is 0 Å². The molecule has 0 radical (unpaired) electrons. The molecule has 0 amide bonds. The maximum Gasteiger partial charge on any atom is 0.0406 e. The molecule has 0 spiro atoms. The number of hydrogen-bond donors (Lipinski definition) is 0. The Labute approximate surface area is 116 Å². The van der Waals surface area contributed by atoms with Gasteiger partial charge in [-0.15, -0.1) is 11.6 Å². The number of aryl methyl sites for hydroxylation is 1. The largest absolute Gasteiger partial charge is 0.152 e. The first-order chi connectivity index (χ1) is 8.29. The van der Waals surface area contributed by atoms with Gasteiger partial charge in [0.15, 0.2) is 0 Å².